The van der Waals surface area contributed by atoms with E-state index in [0.717, 1.165) is 12.5 Å². The molecular formula is C19H28N2O. The van der Waals surface area contributed by atoms with Gasteiger partial charge in [0, 0.05) is 31.6 Å². The molecule has 0 bridgehead atoms. The van der Waals surface area contributed by atoms with E-state index in [2.05, 4.69) is 28.4 Å². The Kier molecular flexibility index (Phi) is 4.82. The fourth-order valence-electron chi connectivity index (χ4n) is 3.42. The van der Waals surface area contributed by atoms with Gasteiger partial charge in [-0.2, -0.15) is 0 Å². The molecule has 1 aromatic carbocycles. The van der Waals surface area contributed by atoms with Crippen molar-refractivity contribution in [3.05, 3.63) is 34.9 Å². The molecular weight excluding hydrogens is 272 g/mol. The first-order valence-corrected chi connectivity index (χ1v) is 8.76. The Morgan fingerprint density at radius 3 is 2.59 bits per heavy atom. The summed E-state index contributed by atoms with van der Waals surface area (Å²) in [5.41, 5.74) is 4.21. The average Bonchev–Trinajstić information content (AvgIpc) is 2.65. The Morgan fingerprint density at radius 1 is 1.23 bits per heavy atom. The molecule has 3 heteroatoms. The summed E-state index contributed by atoms with van der Waals surface area (Å²) in [6.45, 7) is 6.92. The topological polar surface area (TPSA) is 32.3 Å². The van der Waals surface area contributed by atoms with Crippen LogP contribution in [-0.2, 0) is 24.2 Å². The van der Waals surface area contributed by atoms with Gasteiger partial charge in [0.25, 0.3) is 0 Å². The number of nitrogens with zero attached hydrogens (tertiary/aromatic N) is 1. The number of rotatable bonds is 4. The molecule has 1 saturated carbocycles. The van der Waals surface area contributed by atoms with Gasteiger partial charge in [0.15, 0.2) is 0 Å². The maximum atomic E-state index is 11.7. The third-order valence-electron chi connectivity index (χ3n) is 5.19. The lowest BCUT2D eigenvalue weighted by atomic mass is 9.91. The zero-order valence-corrected chi connectivity index (χ0v) is 13.9. The van der Waals surface area contributed by atoms with Gasteiger partial charge in [-0.1, -0.05) is 38.5 Å². The molecule has 1 amide bonds. The van der Waals surface area contributed by atoms with Gasteiger partial charge in [-0.15, -0.1) is 0 Å². The number of benzene rings is 1. The Balaban J connectivity index is 1.62. The van der Waals surface area contributed by atoms with Crippen LogP contribution >= 0.6 is 0 Å². The largest absolute Gasteiger partial charge is 0.352 e. The number of amides is 1. The van der Waals surface area contributed by atoms with Gasteiger partial charge in [0.2, 0.25) is 5.91 Å². The second-order valence-electron chi connectivity index (χ2n) is 7.10. The van der Waals surface area contributed by atoms with E-state index in [9.17, 15) is 4.79 Å². The van der Waals surface area contributed by atoms with Gasteiger partial charge in [0.05, 0.1) is 0 Å². The highest BCUT2D eigenvalue weighted by atomic mass is 16.1. The quantitative estimate of drug-likeness (QED) is 0.927. The molecule has 3 rings (SSSR count). The van der Waals surface area contributed by atoms with Gasteiger partial charge >= 0.3 is 0 Å². The van der Waals surface area contributed by atoms with Crippen molar-refractivity contribution >= 4 is 5.91 Å². The highest BCUT2D eigenvalue weighted by molar-refractivity contribution is 5.77. The summed E-state index contributed by atoms with van der Waals surface area (Å²) < 4.78 is 0. The summed E-state index contributed by atoms with van der Waals surface area (Å²) in [4.78, 5) is 14.4. The zero-order chi connectivity index (χ0) is 15.5. The van der Waals surface area contributed by atoms with Crippen LogP contribution in [0.25, 0.3) is 0 Å². The monoisotopic (exact) mass is 300 g/mol. The predicted molar refractivity (Wildman–Crippen MR) is 89.7 cm³/mol. The third-order valence-corrected chi connectivity index (χ3v) is 5.19. The first-order valence-electron chi connectivity index (χ1n) is 8.76. The van der Waals surface area contributed by atoms with Crippen molar-refractivity contribution in [2.75, 3.05) is 13.1 Å². The van der Waals surface area contributed by atoms with Gasteiger partial charge < -0.3 is 5.32 Å². The van der Waals surface area contributed by atoms with Crippen molar-refractivity contribution in [1.82, 2.24) is 10.2 Å². The molecule has 0 aromatic heterocycles. The van der Waals surface area contributed by atoms with Crippen LogP contribution < -0.4 is 5.32 Å². The van der Waals surface area contributed by atoms with Crippen LogP contribution in [0.1, 0.15) is 49.8 Å². The van der Waals surface area contributed by atoms with Gasteiger partial charge in [0.1, 0.15) is 0 Å². The highest BCUT2D eigenvalue weighted by Gasteiger charge is 2.26. The fraction of sp³-hybridized carbons (Fsp3) is 0.632. The SMILES string of the molecule is CC(C)C(=O)NCc1ccc2c(c1)CCN(C1CCC1)CC2. The third kappa shape index (κ3) is 3.52. The number of carbonyl (C=O) groups is 1. The molecule has 3 nitrogen and oxygen atoms in total. The summed E-state index contributed by atoms with van der Waals surface area (Å²) >= 11 is 0. The van der Waals surface area contributed by atoms with Crippen LogP contribution in [0.3, 0.4) is 0 Å². The van der Waals surface area contributed by atoms with E-state index in [0.29, 0.717) is 6.54 Å². The predicted octanol–water partition coefficient (Wildman–Crippen LogP) is 2.91. The maximum absolute atomic E-state index is 11.7. The summed E-state index contributed by atoms with van der Waals surface area (Å²) in [7, 11) is 0. The summed E-state index contributed by atoms with van der Waals surface area (Å²) in [6, 6.07) is 7.61. The average molecular weight is 300 g/mol. The van der Waals surface area contributed by atoms with Crippen molar-refractivity contribution in [2.24, 2.45) is 5.92 Å². The molecule has 1 aliphatic carbocycles. The van der Waals surface area contributed by atoms with Crippen molar-refractivity contribution in [3.8, 4) is 0 Å². The molecule has 0 saturated heterocycles. The fourth-order valence-corrected chi connectivity index (χ4v) is 3.42. The van der Waals surface area contributed by atoms with Crippen molar-refractivity contribution in [2.45, 2.75) is 58.5 Å². The lowest BCUT2D eigenvalue weighted by Crippen LogP contribution is -2.41. The second kappa shape index (κ2) is 6.82. The van der Waals surface area contributed by atoms with Crippen molar-refractivity contribution < 1.29 is 4.79 Å². The van der Waals surface area contributed by atoms with Crippen LogP contribution in [0, 0.1) is 5.92 Å². The minimum Gasteiger partial charge on any atom is -0.352 e. The van der Waals surface area contributed by atoms with Crippen molar-refractivity contribution in [3.63, 3.8) is 0 Å². The van der Waals surface area contributed by atoms with E-state index in [1.54, 1.807) is 0 Å². The molecule has 22 heavy (non-hydrogen) atoms. The van der Waals surface area contributed by atoms with E-state index in [-0.39, 0.29) is 11.8 Å². The summed E-state index contributed by atoms with van der Waals surface area (Å²) in [5.74, 6) is 0.183. The van der Waals surface area contributed by atoms with Crippen molar-refractivity contribution in [1.29, 1.82) is 0 Å². The molecule has 1 aliphatic heterocycles. The Labute approximate surface area is 134 Å². The van der Waals surface area contributed by atoms with Gasteiger partial charge in [-0.3, -0.25) is 9.69 Å². The Hall–Kier alpha value is -1.35. The van der Waals surface area contributed by atoms with Crippen LogP contribution in [0.5, 0.6) is 0 Å². The minimum atomic E-state index is 0.0527. The van der Waals surface area contributed by atoms with Gasteiger partial charge in [-0.05, 0) is 42.4 Å². The van der Waals surface area contributed by atoms with E-state index in [1.165, 1.54) is 55.5 Å². The number of carbonyl (C=O) groups excluding carboxylic acids is 1. The molecule has 120 valence electrons. The van der Waals surface area contributed by atoms with E-state index < -0.39 is 0 Å². The molecule has 1 fully saturated rings. The Morgan fingerprint density at radius 2 is 1.95 bits per heavy atom. The first kappa shape index (κ1) is 15.5. The van der Waals surface area contributed by atoms with Crippen LogP contribution in [-0.4, -0.2) is 29.9 Å². The molecule has 1 heterocycles. The van der Waals surface area contributed by atoms with E-state index >= 15 is 0 Å². The van der Waals surface area contributed by atoms with E-state index in [4.69, 9.17) is 0 Å². The van der Waals surface area contributed by atoms with Crippen LogP contribution in [0.15, 0.2) is 18.2 Å². The normalized spacial score (nSPS) is 19.4. The standard InChI is InChI=1S/C19H28N2O/c1-14(2)19(22)20-13-15-6-7-16-8-10-21(18-4-3-5-18)11-9-17(16)12-15/h6-7,12,14,18H,3-5,8-11,13H2,1-2H3,(H,20,22). The van der Waals surface area contributed by atoms with Gasteiger partial charge in [-0.25, -0.2) is 0 Å². The molecule has 0 radical (unpaired) electrons. The number of nitrogens with one attached hydrogen (secondary N) is 1. The second-order valence-corrected chi connectivity index (χ2v) is 7.10. The number of fused-ring (bicyclic) bond motifs is 1. The maximum Gasteiger partial charge on any atom is 0.222 e. The van der Waals surface area contributed by atoms with Crippen LogP contribution in [0.2, 0.25) is 0 Å². The summed E-state index contributed by atoms with van der Waals surface area (Å²) in [5, 5.41) is 3.02. The first-order chi connectivity index (χ1) is 10.6. The van der Waals surface area contributed by atoms with Crippen LogP contribution in [0.4, 0.5) is 0 Å². The lowest BCUT2D eigenvalue weighted by molar-refractivity contribution is -0.124. The molecule has 2 aliphatic rings. The zero-order valence-electron chi connectivity index (χ0n) is 13.9. The molecule has 0 atom stereocenters. The molecule has 1 N–H and O–H groups in total. The highest BCUT2D eigenvalue weighted by Crippen LogP contribution is 2.27. The smallest absolute Gasteiger partial charge is 0.222 e. The molecule has 0 spiro atoms. The molecule has 1 aromatic rings. The minimum absolute atomic E-state index is 0.0527. The lowest BCUT2D eigenvalue weighted by Gasteiger charge is -2.36. The molecule has 0 unspecified atom stereocenters. The Bertz CT molecular complexity index is 534. The summed E-state index contributed by atoms with van der Waals surface area (Å²) in [6.07, 6.45) is 6.52. The number of hydrogen-bond acceptors (Lipinski definition) is 2. The van der Waals surface area contributed by atoms with E-state index in [1.807, 2.05) is 13.8 Å². The number of hydrogen-bond donors (Lipinski definition) is 1.